The minimum absolute atomic E-state index is 0.163. The number of amides is 1. The molecule has 30 heavy (non-hydrogen) atoms. The zero-order valence-corrected chi connectivity index (χ0v) is 18.8. The first-order chi connectivity index (χ1) is 13.8. The van der Waals surface area contributed by atoms with Crippen LogP contribution in [0.2, 0.25) is 0 Å². The molecule has 0 heterocycles. The monoisotopic (exact) mass is 456 g/mol. The third-order valence-corrected chi connectivity index (χ3v) is 6.89. The van der Waals surface area contributed by atoms with E-state index in [9.17, 15) is 26.0 Å². The summed E-state index contributed by atoms with van der Waals surface area (Å²) in [7, 11) is -7.16. The number of sulfonamides is 1. The van der Waals surface area contributed by atoms with Crippen LogP contribution in [-0.2, 0) is 24.7 Å². The summed E-state index contributed by atoms with van der Waals surface area (Å²) in [6, 6.07) is 9.43. The molecule has 0 spiro atoms. The molecule has 0 radical (unpaired) electrons. The molecular formula is C20H25FN2O5S2. The fourth-order valence-corrected chi connectivity index (χ4v) is 4.89. The molecule has 0 unspecified atom stereocenters. The van der Waals surface area contributed by atoms with Crippen LogP contribution in [0.5, 0.6) is 0 Å². The number of nitrogens with one attached hydrogen (secondary N) is 1. The lowest BCUT2D eigenvalue weighted by Gasteiger charge is -2.31. The lowest BCUT2D eigenvalue weighted by atomic mass is 10.1. The average Bonchev–Trinajstić information content (AvgIpc) is 2.65. The molecule has 0 bridgehead atoms. The molecule has 2 aromatic rings. The maximum Gasteiger partial charge on any atom is 0.244 e. The predicted octanol–water partition coefficient (Wildman–Crippen LogP) is 2.65. The number of anilines is 1. The van der Waals surface area contributed by atoms with Crippen LogP contribution >= 0.6 is 0 Å². The van der Waals surface area contributed by atoms with Gasteiger partial charge in [-0.25, -0.2) is 21.2 Å². The van der Waals surface area contributed by atoms with Crippen molar-refractivity contribution in [1.82, 2.24) is 5.32 Å². The fraction of sp³-hybridized carbons (Fsp3) is 0.350. The summed E-state index contributed by atoms with van der Waals surface area (Å²) in [5.41, 5.74) is 0.851. The molecule has 7 nitrogen and oxygen atoms in total. The van der Waals surface area contributed by atoms with E-state index in [0.717, 1.165) is 28.9 Å². The molecule has 2 atom stereocenters. The quantitative estimate of drug-likeness (QED) is 0.658. The largest absolute Gasteiger partial charge is 0.348 e. The van der Waals surface area contributed by atoms with Crippen molar-refractivity contribution in [1.29, 1.82) is 0 Å². The van der Waals surface area contributed by atoms with Crippen LogP contribution < -0.4 is 9.62 Å². The molecule has 0 aromatic heterocycles. The Kier molecular flexibility index (Phi) is 7.25. The Morgan fingerprint density at radius 2 is 1.53 bits per heavy atom. The topological polar surface area (TPSA) is 101 Å². The first kappa shape index (κ1) is 23.8. The van der Waals surface area contributed by atoms with Crippen molar-refractivity contribution in [2.24, 2.45) is 0 Å². The van der Waals surface area contributed by atoms with Crippen LogP contribution in [0.3, 0.4) is 0 Å². The van der Waals surface area contributed by atoms with Crippen LogP contribution in [0.4, 0.5) is 10.1 Å². The molecule has 10 heteroatoms. The van der Waals surface area contributed by atoms with Crippen molar-refractivity contribution >= 4 is 31.5 Å². The third kappa shape index (κ3) is 5.79. The summed E-state index contributed by atoms with van der Waals surface area (Å²) in [4.78, 5) is 13.1. The van der Waals surface area contributed by atoms with Crippen molar-refractivity contribution in [3.63, 3.8) is 0 Å². The Bertz CT molecular complexity index is 1100. The van der Waals surface area contributed by atoms with Gasteiger partial charge >= 0.3 is 0 Å². The molecule has 0 fully saturated rings. The molecule has 0 aliphatic rings. The molecular weight excluding hydrogens is 431 g/mol. The molecule has 2 rings (SSSR count). The van der Waals surface area contributed by atoms with Crippen molar-refractivity contribution in [3.05, 3.63) is 59.9 Å². The number of rotatable bonds is 8. The van der Waals surface area contributed by atoms with E-state index in [1.165, 1.54) is 24.3 Å². The molecule has 1 N–H and O–H groups in total. The van der Waals surface area contributed by atoms with Crippen molar-refractivity contribution in [2.45, 2.75) is 37.2 Å². The number of hydrogen-bond donors (Lipinski definition) is 1. The second-order valence-electron chi connectivity index (χ2n) is 7.03. The molecule has 2 aromatic carbocycles. The van der Waals surface area contributed by atoms with Gasteiger partial charge in [0.15, 0.2) is 9.84 Å². The van der Waals surface area contributed by atoms with E-state index < -0.39 is 43.7 Å². The Morgan fingerprint density at radius 3 is 1.97 bits per heavy atom. The molecule has 164 valence electrons. The fourth-order valence-electron chi connectivity index (χ4n) is 3.04. The maximum atomic E-state index is 13.3. The van der Waals surface area contributed by atoms with Gasteiger partial charge in [0.25, 0.3) is 0 Å². The molecule has 0 aliphatic carbocycles. The summed E-state index contributed by atoms with van der Waals surface area (Å²) in [6.45, 7) is 3.39. The number of carbonyl (C=O) groups excluding carboxylic acids is 1. The van der Waals surface area contributed by atoms with E-state index in [2.05, 4.69) is 5.32 Å². The standard InChI is InChI=1S/C20H25FN2O5S2/c1-5-19(23(30(4,27)28)17-10-8-16(21)9-11-17)20(24)22-14(2)15-6-12-18(13-7-15)29(3,25)26/h6-14,19H,5H2,1-4H3,(H,22,24)/t14-,19-/m0/s1. The molecule has 0 aliphatic heterocycles. The minimum Gasteiger partial charge on any atom is -0.348 e. The van der Waals surface area contributed by atoms with Gasteiger partial charge in [0, 0.05) is 6.26 Å². The van der Waals surface area contributed by atoms with E-state index in [4.69, 9.17) is 0 Å². The van der Waals surface area contributed by atoms with Crippen LogP contribution in [0.25, 0.3) is 0 Å². The highest BCUT2D eigenvalue weighted by atomic mass is 32.2. The number of hydrogen-bond acceptors (Lipinski definition) is 5. The maximum absolute atomic E-state index is 13.3. The highest BCUT2D eigenvalue weighted by Gasteiger charge is 2.32. The van der Waals surface area contributed by atoms with Crippen molar-refractivity contribution < 1.29 is 26.0 Å². The van der Waals surface area contributed by atoms with Gasteiger partial charge < -0.3 is 5.32 Å². The van der Waals surface area contributed by atoms with Crippen molar-refractivity contribution in [3.8, 4) is 0 Å². The Labute approximate surface area is 176 Å². The zero-order valence-electron chi connectivity index (χ0n) is 17.2. The number of nitrogens with zero attached hydrogens (tertiary/aromatic N) is 1. The summed E-state index contributed by atoms with van der Waals surface area (Å²) in [5, 5.41) is 2.77. The number of benzene rings is 2. The number of halogens is 1. The van der Waals surface area contributed by atoms with Gasteiger partial charge in [-0.3, -0.25) is 9.10 Å². The lowest BCUT2D eigenvalue weighted by Crippen LogP contribution is -2.49. The second kappa shape index (κ2) is 9.13. The average molecular weight is 457 g/mol. The minimum atomic E-state index is -3.83. The van der Waals surface area contributed by atoms with Crippen LogP contribution in [0.15, 0.2) is 53.4 Å². The SMILES string of the molecule is CC[C@@H](C(=O)N[C@@H](C)c1ccc(S(C)(=O)=O)cc1)N(c1ccc(F)cc1)S(C)(=O)=O. The normalized spacial score (nSPS) is 14.0. The van der Waals surface area contributed by atoms with Crippen LogP contribution in [0, 0.1) is 5.82 Å². The summed E-state index contributed by atoms with van der Waals surface area (Å²) < 4.78 is 62.2. The number of sulfone groups is 1. The Hall–Kier alpha value is -2.46. The summed E-state index contributed by atoms with van der Waals surface area (Å²) >= 11 is 0. The molecule has 1 amide bonds. The van der Waals surface area contributed by atoms with Gasteiger partial charge in [-0.2, -0.15) is 0 Å². The predicted molar refractivity (Wildman–Crippen MR) is 114 cm³/mol. The molecule has 0 saturated heterocycles. The molecule has 0 saturated carbocycles. The van der Waals surface area contributed by atoms with E-state index in [-0.39, 0.29) is 17.0 Å². The van der Waals surface area contributed by atoms with Gasteiger partial charge in [0.1, 0.15) is 11.9 Å². The highest BCUT2D eigenvalue weighted by molar-refractivity contribution is 7.92. The zero-order chi connectivity index (χ0) is 22.7. The summed E-state index contributed by atoms with van der Waals surface area (Å²) in [5.74, 6) is -1.04. The highest BCUT2D eigenvalue weighted by Crippen LogP contribution is 2.24. The number of carbonyl (C=O) groups is 1. The Morgan fingerprint density at radius 1 is 1.00 bits per heavy atom. The van der Waals surface area contributed by atoms with E-state index >= 15 is 0 Å². The van der Waals surface area contributed by atoms with Gasteiger partial charge in [0.2, 0.25) is 15.9 Å². The van der Waals surface area contributed by atoms with Gasteiger partial charge in [-0.15, -0.1) is 0 Å². The third-order valence-electron chi connectivity index (χ3n) is 4.58. The van der Waals surface area contributed by atoms with Gasteiger partial charge in [-0.1, -0.05) is 19.1 Å². The van der Waals surface area contributed by atoms with E-state index in [1.54, 1.807) is 26.0 Å². The van der Waals surface area contributed by atoms with Gasteiger partial charge in [-0.05, 0) is 55.3 Å². The van der Waals surface area contributed by atoms with Crippen LogP contribution in [-0.4, -0.2) is 41.3 Å². The first-order valence-corrected chi connectivity index (χ1v) is 12.9. The van der Waals surface area contributed by atoms with E-state index in [0.29, 0.717) is 5.56 Å². The Balaban J connectivity index is 2.28. The second-order valence-corrected chi connectivity index (χ2v) is 10.9. The van der Waals surface area contributed by atoms with E-state index in [1.807, 2.05) is 0 Å². The smallest absolute Gasteiger partial charge is 0.244 e. The lowest BCUT2D eigenvalue weighted by molar-refractivity contribution is -0.122. The first-order valence-electron chi connectivity index (χ1n) is 9.20. The van der Waals surface area contributed by atoms with Gasteiger partial charge in [0.05, 0.1) is 22.9 Å². The van der Waals surface area contributed by atoms with Crippen LogP contribution in [0.1, 0.15) is 31.9 Å². The van der Waals surface area contributed by atoms with Crippen molar-refractivity contribution in [2.75, 3.05) is 16.8 Å². The summed E-state index contributed by atoms with van der Waals surface area (Å²) in [6.07, 6.45) is 2.28.